The van der Waals surface area contributed by atoms with Crippen LogP contribution in [0.3, 0.4) is 0 Å². The van der Waals surface area contributed by atoms with Gasteiger partial charge in [-0.15, -0.1) is 0 Å². The molecular formula is C7H10Cl2N2O2. The van der Waals surface area contributed by atoms with E-state index in [0.717, 1.165) is 4.42 Å². The van der Waals surface area contributed by atoms with Gasteiger partial charge in [0.05, 0.1) is 0 Å². The zero-order valence-electron chi connectivity index (χ0n) is 7.38. The maximum Gasteiger partial charge on any atom is 0.357 e. The van der Waals surface area contributed by atoms with Crippen molar-refractivity contribution < 1.29 is 9.59 Å². The van der Waals surface area contributed by atoms with Crippen molar-refractivity contribution in [1.29, 1.82) is 0 Å². The molecule has 3 amide bonds. The fraction of sp³-hybridized carbons (Fsp3) is 0.714. The second-order valence-electron chi connectivity index (χ2n) is 2.89. The second kappa shape index (κ2) is 3.35. The Morgan fingerprint density at radius 3 is 1.85 bits per heavy atom. The molecule has 0 aromatic carbocycles. The van der Waals surface area contributed by atoms with E-state index >= 15 is 0 Å². The molecule has 1 aliphatic rings. The number of carbonyl (C=O) groups is 2. The van der Waals surface area contributed by atoms with Crippen molar-refractivity contribution in [2.45, 2.75) is 32.2 Å². The molecule has 0 unspecified atom stereocenters. The number of halogens is 2. The van der Waals surface area contributed by atoms with E-state index in [9.17, 15) is 9.59 Å². The zero-order chi connectivity index (χ0) is 10.2. The lowest BCUT2D eigenvalue weighted by atomic mass is 9.93. The van der Waals surface area contributed by atoms with Gasteiger partial charge in [-0.2, -0.15) is 4.42 Å². The van der Waals surface area contributed by atoms with Crippen LogP contribution in [0.15, 0.2) is 0 Å². The highest BCUT2D eigenvalue weighted by Crippen LogP contribution is 2.36. The largest absolute Gasteiger partial charge is 0.357 e. The van der Waals surface area contributed by atoms with Crippen LogP contribution < -0.4 is 0 Å². The molecule has 6 heteroatoms. The molecule has 0 N–H and O–H groups in total. The fourth-order valence-corrected chi connectivity index (χ4v) is 2.10. The number of amides is 3. The van der Waals surface area contributed by atoms with E-state index in [0.29, 0.717) is 17.3 Å². The van der Waals surface area contributed by atoms with Crippen molar-refractivity contribution in [3.05, 3.63) is 0 Å². The van der Waals surface area contributed by atoms with Crippen LogP contribution in [0.25, 0.3) is 0 Å². The average molecular weight is 225 g/mol. The molecular weight excluding hydrogens is 215 g/mol. The number of nitrogens with zero attached hydrogens (tertiary/aromatic N) is 2. The Bertz CT molecular complexity index is 253. The van der Waals surface area contributed by atoms with E-state index in [1.165, 1.54) is 0 Å². The van der Waals surface area contributed by atoms with Crippen LogP contribution in [0, 0.1) is 0 Å². The van der Waals surface area contributed by atoms with Crippen LogP contribution in [-0.2, 0) is 4.79 Å². The van der Waals surface area contributed by atoms with Gasteiger partial charge in [0.15, 0.2) is 0 Å². The number of rotatable bonds is 2. The molecule has 1 heterocycles. The first kappa shape index (κ1) is 10.6. The molecule has 0 spiro atoms. The first-order valence-electron chi connectivity index (χ1n) is 4.01. The summed E-state index contributed by atoms with van der Waals surface area (Å²) in [6.07, 6.45) is 0.918. The van der Waals surface area contributed by atoms with Gasteiger partial charge >= 0.3 is 6.03 Å². The van der Waals surface area contributed by atoms with E-state index in [4.69, 9.17) is 23.6 Å². The molecule has 1 aliphatic heterocycles. The van der Waals surface area contributed by atoms with Gasteiger partial charge in [-0.25, -0.2) is 9.21 Å². The molecule has 4 nitrogen and oxygen atoms in total. The summed E-state index contributed by atoms with van der Waals surface area (Å²) in [5, 5.41) is 0. The molecule has 13 heavy (non-hydrogen) atoms. The van der Waals surface area contributed by atoms with Crippen molar-refractivity contribution in [1.82, 2.24) is 8.84 Å². The van der Waals surface area contributed by atoms with E-state index < -0.39 is 17.5 Å². The lowest BCUT2D eigenvalue weighted by Crippen LogP contribution is -2.43. The third-order valence-electron chi connectivity index (χ3n) is 2.46. The summed E-state index contributed by atoms with van der Waals surface area (Å²) in [6.45, 7) is 3.58. The van der Waals surface area contributed by atoms with Crippen LogP contribution in [0.2, 0.25) is 0 Å². The lowest BCUT2D eigenvalue weighted by molar-refractivity contribution is -0.129. The normalized spacial score (nSPS) is 21.5. The molecule has 0 atom stereocenters. The molecule has 0 aromatic heterocycles. The van der Waals surface area contributed by atoms with E-state index in [1.807, 2.05) is 0 Å². The van der Waals surface area contributed by atoms with Crippen molar-refractivity contribution in [2.75, 3.05) is 0 Å². The SMILES string of the molecule is CCC1(CC)C(=O)N(Cl)C(=O)N1Cl. The van der Waals surface area contributed by atoms with Gasteiger partial charge in [0, 0.05) is 23.6 Å². The lowest BCUT2D eigenvalue weighted by Gasteiger charge is -2.26. The van der Waals surface area contributed by atoms with Crippen LogP contribution in [0.4, 0.5) is 4.79 Å². The summed E-state index contributed by atoms with van der Waals surface area (Å²) in [6, 6.07) is -0.669. The summed E-state index contributed by atoms with van der Waals surface area (Å²) in [5.74, 6) is -0.445. The second-order valence-corrected chi connectivity index (χ2v) is 3.56. The molecule has 0 saturated carbocycles. The average Bonchev–Trinajstić information content (AvgIpc) is 2.31. The highest BCUT2D eigenvalue weighted by molar-refractivity contribution is 6.39. The van der Waals surface area contributed by atoms with Crippen LogP contribution in [0.1, 0.15) is 26.7 Å². The topological polar surface area (TPSA) is 40.6 Å². The molecule has 1 rings (SSSR count). The van der Waals surface area contributed by atoms with Crippen LogP contribution >= 0.6 is 23.6 Å². The fourth-order valence-electron chi connectivity index (χ4n) is 1.44. The number of urea groups is 1. The van der Waals surface area contributed by atoms with Gasteiger partial charge in [-0.1, -0.05) is 13.8 Å². The highest BCUT2D eigenvalue weighted by Gasteiger charge is 2.55. The smallest absolute Gasteiger partial charge is 0.270 e. The Balaban J connectivity index is 3.11. The monoisotopic (exact) mass is 224 g/mol. The van der Waals surface area contributed by atoms with Gasteiger partial charge in [-0.3, -0.25) is 4.79 Å². The first-order chi connectivity index (χ1) is 6.01. The van der Waals surface area contributed by atoms with E-state index in [1.54, 1.807) is 13.8 Å². The van der Waals surface area contributed by atoms with Crippen molar-refractivity contribution in [3.8, 4) is 0 Å². The summed E-state index contributed by atoms with van der Waals surface area (Å²) in [7, 11) is 0. The molecule has 0 aromatic rings. The van der Waals surface area contributed by atoms with Gasteiger partial charge < -0.3 is 0 Å². The highest BCUT2D eigenvalue weighted by atomic mass is 35.5. The van der Waals surface area contributed by atoms with Gasteiger partial charge in [0.2, 0.25) is 0 Å². The molecule has 74 valence electrons. The summed E-state index contributed by atoms with van der Waals surface area (Å²) >= 11 is 11.2. The van der Waals surface area contributed by atoms with Gasteiger partial charge in [-0.05, 0) is 12.8 Å². The van der Waals surface area contributed by atoms with Crippen molar-refractivity contribution in [3.63, 3.8) is 0 Å². The van der Waals surface area contributed by atoms with E-state index in [2.05, 4.69) is 0 Å². The predicted molar refractivity (Wildman–Crippen MR) is 49.1 cm³/mol. The van der Waals surface area contributed by atoms with Crippen molar-refractivity contribution >= 4 is 35.5 Å². The van der Waals surface area contributed by atoms with Crippen LogP contribution in [0.5, 0.6) is 0 Å². The number of hydrogen-bond acceptors (Lipinski definition) is 2. The Morgan fingerprint density at radius 1 is 1.23 bits per heavy atom. The minimum absolute atomic E-state index is 0.445. The standard InChI is InChI=1S/C7H10Cl2N2O2/c1-3-7(4-2)5(12)10(8)6(13)11(7)9/h3-4H2,1-2H3. The van der Waals surface area contributed by atoms with Crippen molar-refractivity contribution in [2.24, 2.45) is 0 Å². The molecule has 0 radical (unpaired) electrons. The minimum Gasteiger partial charge on any atom is -0.270 e. The Hall–Kier alpha value is -0.480. The Kier molecular flexibility index (Phi) is 2.73. The number of imide groups is 1. The molecule has 0 bridgehead atoms. The number of hydrogen-bond donors (Lipinski definition) is 0. The summed E-state index contributed by atoms with van der Waals surface area (Å²) < 4.78 is 1.43. The molecule has 0 aliphatic carbocycles. The summed E-state index contributed by atoms with van der Waals surface area (Å²) in [5.41, 5.74) is -0.958. The van der Waals surface area contributed by atoms with Gasteiger partial charge in [0.25, 0.3) is 5.91 Å². The third kappa shape index (κ3) is 1.20. The predicted octanol–water partition coefficient (Wildman–Crippen LogP) is 2.12. The van der Waals surface area contributed by atoms with E-state index in [-0.39, 0.29) is 0 Å². The molecule has 1 saturated heterocycles. The number of carbonyl (C=O) groups excluding carboxylic acids is 2. The molecule has 1 fully saturated rings. The minimum atomic E-state index is -0.958. The third-order valence-corrected chi connectivity index (χ3v) is 3.22. The Labute approximate surface area is 86.6 Å². The Morgan fingerprint density at radius 2 is 1.69 bits per heavy atom. The van der Waals surface area contributed by atoms with Crippen LogP contribution in [-0.4, -0.2) is 26.3 Å². The maximum atomic E-state index is 11.6. The first-order valence-corrected chi connectivity index (χ1v) is 4.69. The zero-order valence-corrected chi connectivity index (χ0v) is 8.89. The summed E-state index contributed by atoms with van der Waals surface area (Å²) in [4.78, 5) is 22.8. The maximum absolute atomic E-state index is 11.6. The van der Waals surface area contributed by atoms with Gasteiger partial charge in [0.1, 0.15) is 5.54 Å². The quantitative estimate of drug-likeness (QED) is 0.533.